The van der Waals surface area contributed by atoms with Crippen LogP contribution in [-0.2, 0) is 22.7 Å². The molecule has 6 nitrogen and oxygen atoms in total. The van der Waals surface area contributed by atoms with E-state index >= 15 is 0 Å². The first-order valence-corrected chi connectivity index (χ1v) is 12.1. The Morgan fingerprint density at radius 1 is 0.947 bits per heavy atom. The highest BCUT2D eigenvalue weighted by atomic mass is 19.1. The highest BCUT2D eigenvalue weighted by Gasteiger charge is 2.46. The molecule has 5 rings (SSSR count). The summed E-state index contributed by atoms with van der Waals surface area (Å²) in [7, 11) is 0. The molecule has 0 spiro atoms. The molecule has 0 bridgehead atoms. The molecule has 1 atom stereocenters. The summed E-state index contributed by atoms with van der Waals surface area (Å²) in [6.07, 6.45) is 3.20. The van der Waals surface area contributed by atoms with Crippen LogP contribution in [0.15, 0.2) is 103 Å². The summed E-state index contributed by atoms with van der Waals surface area (Å²) in [5.41, 5.74) is 3.77. The largest absolute Gasteiger partial charge is 0.507 e. The first-order valence-electron chi connectivity index (χ1n) is 12.1. The van der Waals surface area contributed by atoms with Crippen molar-refractivity contribution in [2.75, 3.05) is 0 Å². The molecule has 0 unspecified atom stereocenters. The summed E-state index contributed by atoms with van der Waals surface area (Å²) in [6, 6.07) is 22.8. The van der Waals surface area contributed by atoms with Crippen LogP contribution in [0.2, 0.25) is 0 Å². The maximum Gasteiger partial charge on any atom is 0.295 e. The van der Waals surface area contributed by atoms with Crippen molar-refractivity contribution in [2.24, 2.45) is 0 Å². The van der Waals surface area contributed by atoms with Crippen LogP contribution in [0.4, 0.5) is 4.39 Å². The van der Waals surface area contributed by atoms with Crippen molar-refractivity contribution in [3.8, 4) is 5.75 Å². The molecule has 1 fully saturated rings. The van der Waals surface area contributed by atoms with Crippen molar-refractivity contribution in [2.45, 2.75) is 26.1 Å². The van der Waals surface area contributed by atoms with Gasteiger partial charge in [0.05, 0.1) is 11.6 Å². The van der Waals surface area contributed by atoms with Gasteiger partial charge in [-0.2, -0.15) is 0 Å². The van der Waals surface area contributed by atoms with E-state index in [0.29, 0.717) is 23.5 Å². The van der Waals surface area contributed by atoms with Gasteiger partial charge in [-0.25, -0.2) is 4.39 Å². The van der Waals surface area contributed by atoms with E-state index in [2.05, 4.69) is 4.98 Å². The van der Waals surface area contributed by atoms with E-state index in [0.717, 1.165) is 16.7 Å². The summed E-state index contributed by atoms with van der Waals surface area (Å²) >= 11 is 0. The van der Waals surface area contributed by atoms with E-state index in [4.69, 9.17) is 4.74 Å². The Bertz CT molecular complexity index is 1500. The minimum absolute atomic E-state index is 0.0518. The van der Waals surface area contributed by atoms with Gasteiger partial charge in [-0.15, -0.1) is 0 Å². The number of carbonyl (C=O) groups excluding carboxylic acids is 2. The zero-order valence-corrected chi connectivity index (χ0v) is 20.7. The number of nitrogens with zero attached hydrogens (tertiary/aromatic N) is 2. The van der Waals surface area contributed by atoms with Crippen LogP contribution >= 0.6 is 0 Å². The lowest BCUT2D eigenvalue weighted by atomic mass is 9.95. The molecule has 2 heterocycles. The van der Waals surface area contributed by atoms with E-state index in [-0.39, 0.29) is 17.9 Å². The molecule has 38 heavy (non-hydrogen) atoms. The van der Waals surface area contributed by atoms with Crippen LogP contribution in [0.5, 0.6) is 5.75 Å². The minimum Gasteiger partial charge on any atom is -0.507 e. The van der Waals surface area contributed by atoms with Gasteiger partial charge in [0.1, 0.15) is 23.9 Å². The average Bonchev–Trinajstić information content (AvgIpc) is 3.18. The average molecular weight is 509 g/mol. The summed E-state index contributed by atoms with van der Waals surface area (Å²) in [5, 5.41) is 11.3. The van der Waals surface area contributed by atoms with Gasteiger partial charge < -0.3 is 14.7 Å². The van der Waals surface area contributed by atoms with Crippen molar-refractivity contribution in [1.29, 1.82) is 0 Å². The molecule has 190 valence electrons. The Morgan fingerprint density at radius 2 is 1.66 bits per heavy atom. The number of Topliss-reactive ketones (excluding diaryl/α,β-unsaturated/α-hetero) is 1. The van der Waals surface area contributed by atoms with Crippen LogP contribution in [0.3, 0.4) is 0 Å². The second-order valence-electron chi connectivity index (χ2n) is 9.14. The van der Waals surface area contributed by atoms with Gasteiger partial charge in [-0.05, 0) is 72.1 Å². The Hall–Kier alpha value is -4.78. The molecule has 1 amide bonds. The lowest BCUT2D eigenvalue weighted by molar-refractivity contribution is -0.140. The SMILES string of the molecule is Cc1cccc(COc2ccc(C(O)=C3C(=O)C(=O)N(Cc4ccncc4)[C@H]3c3ccc(F)cc3)cc2)c1. The molecule has 4 aromatic rings. The molecule has 0 saturated carbocycles. The van der Waals surface area contributed by atoms with Crippen LogP contribution < -0.4 is 4.74 Å². The molecule has 1 aliphatic heterocycles. The van der Waals surface area contributed by atoms with Gasteiger partial charge in [-0.1, -0.05) is 42.0 Å². The van der Waals surface area contributed by atoms with Crippen LogP contribution in [0, 0.1) is 12.7 Å². The number of amides is 1. The predicted octanol–water partition coefficient (Wildman–Crippen LogP) is 5.73. The van der Waals surface area contributed by atoms with E-state index in [1.165, 1.54) is 29.2 Å². The summed E-state index contributed by atoms with van der Waals surface area (Å²) in [4.78, 5) is 31.7. The zero-order chi connectivity index (χ0) is 26.6. The first kappa shape index (κ1) is 24.9. The molecule has 1 N–H and O–H groups in total. The monoisotopic (exact) mass is 508 g/mol. The Balaban J connectivity index is 1.47. The van der Waals surface area contributed by atoms with E-state index in [9.17, 15) is 19.1 Å². The Kier molecular flexibility index (Phi) is 7.00. The molecule has 1 saturated heterocycles. The summed E-state index contributed by atoms with van der Waals surface area (Å²) in [5.74, 6) is -1.70. The van der Waals surface area contributed by atoms with E-state index < -0.39 is 23.5 Å². The van der Waals surface area contributed by atoms with Gasteiger partial charge in [0.15, 0.2) is 0 Å². The van der Waals surface area contributed by atoms with Gasteiger partial charge in [0.2, 0.25) is 0 Å². The van der Waals surface area contributed by atoms with Crippen molar-refractivity contribution in [3.63, 3.8) is 0 Å². The second-order valence-corrected chi connectivity index (χ2v) is 9.14. The van der Waals surface area contributed by atoms with Gasteiger partial charge in [0, 0.05) is 24.5 Å². The molecular formula is C31H25FN2O4. The van der Waals surface area contributed by atoms with Crippen LogP contribution in [0.25, 0.3) is 5.76 Å². The smallest absolute Gasteiger partial charge is 0.295 e. The highest BCUT2D eigenvalue weighted by molar-refractivity contribution is 6.46. The number of aromatic nitrogens is 1. The lowest BCUT2D eigenvalue weighted by Crippen LogP contribution is -2.29. The second kappa shape index (κ2) is 10.7. The molecule has 1 aliphatic rings. The van der Waals surface area contributed by atoms with Gasteiger partial charge in [-0.3, -0.25) is 14.6 Å². The summed E-state index contributed by atoms with van der Waals surface area (Å²) < 4.78 is 19.6. The quantitative estimate of drug-likeness (QED) is 0.196. The number of pyridine rings is 1. The number of carbonyl (C=O) groups is 2. The maximum atomic E-state index is 13.7. The number of aryl methyl sites for hydroxylation is 1. The topological polar surface area (TPSA) is 79.7 Å². The number of benzene rings is 3. The molecule has 3 aromatic carbocycles. The third-order valence-electron chi connectivity index (χ3n) is 6.44. The molecule has 1 aromatic heterocycles. The first-order chi connectivity index (χ1) is 18.4. The van der Waals surface area contributed by atoms with Crippen molar-refractivity contribution in [3.05, 3.63) is 137 Å². The van der Waals surface area contributed by atoms with Gasteiger partial charge in [0.25, 0.3) is 11.7 Å². The number of hydrogen-bond donors (Lipinski definition) is 1. The maximum absolute atomic E-state index is 13.7. The van der Waals surface area contributed by atoms with Crippen LogP contribution in [0.1, 0.15) is 33.9 Å². The number of likely N-dealkylation sites (tertiary alicyclic amines) is 1. The number of ketones is 1. The van der Waals surface area contributed by atoms with Crippen molar-refractivity contribution < 1.29 is 23.8 Å². The number of rotatable bonds is 7. The van der Waals surface area contributed by atoms with Crippen molar-refractivity contribution in [1.82, 2.24) is 9.88 Å². The zero-order valence-electron chi connectivity index (χ0n) is 20.7. The third kappa shape index (κ3) is 5.18. The lowest BCUT2D eigenvalue weighted by Gasteiger charge is -2.25. The number of aliphatic hydroxyl groups excluding tert-OH is 1. The van der Waals surface area contributed by atoms with E-state index in [1.54, 1.807) is 48.8 Å². The van der Waals surface area contributed by atoms with Crippen LogP contribution in [-0.4, -0.2) is 26.7 Å². The number of ether oxygens (including phenoxy) is 1. The normalized spacial score (nSPS) is 16.6. The summed E-state index contributed by atoms with van der Waals surface area (Å²) in [6.45, 7) is 2.52. The van der Waals surface area contributed by atoms with Gasteiger partial charge >= 0.3 is 0 Å². The Morgan fingerprint density at radius 3 is 2.34 bits per heavy atom. The number of aliphatic hydroxyl groups is 1. The fourth-order valence-electron chi connectivity index (χ4n) is 4.55. The molecule has 7 heteroatoms. The fourth-order valence-corrected chi connectivity index (χ4v) is 4.55. The fraction of sp³-hybridized carbons (Fsp3) is 0.129. The molecular weight excluding hydrogens is 483 g/mol. The standard InChI is InChI=1S/C31H25FN2O4/c1-20-3-2-4-22(17-20)19-38-26-11-7-24(8-12-26)29(35)27-28(23-5-9-25(32)10-6-23)34(31(37)30(27)36)18-21-13-15-33-16-14-21/h2-17,28,35H,18-19H2,1H3/t28-/m0/s1. The highest BCUT2D eigenvalue weighted by Crippen LogP contribution is 2.40. The molecule has 0 aliphatic carbocycles. The Labute approximate surface area is 219 Å². The number of hydrogen-bond acceptors (Lipinski definition) is 5. The number of halogens is 1. The minimum atomic E-state index is -0.888. The molecule has 0 radical (unpaired) electrons. The van der Waals surface area contributed by atoms with Crippen molar-refractivity contribution >= 4 is 17.4 Å². The third-order valence-corrected chi connectivity index (χ3v) is 6.44. The van der Waals surface area contributed by atoms with E-state index in [1.807, 2.05) is 31.2 Å². The predicted molar refractivity (Wildman–Crippen MR) is 140 cm³/mol.